The lowest BCUT2D eigenvalue weighted by molar-refractivity contribution is -0.384. The van der Waals surface area contributed by atoms with E-state index >= 15 is 0 Å². The van der Waals surface area contributed by atoms with Gasteiger partial charge >= 0.3 is 11.7 Å². The van der Waals surface area contributed by atoms with E-state index in [4.69, 9.17) is 5.11 Å². The lowest BCUT2D eigenvalue weighted by atomic mass is 9.92. The number of nitrogens with one attached hydrogen (secondary N) is 1. The van der Waals surface area contributed by atoms with E-state index in [1.165, 1.54) is 12.1 Å². The fourth-order valence-electron chi connectivity index (χ4n) is 3.29. The summed E-state index contributed by atoms with van der Waals surface area (Å²) in [5.74, 6) is -0.753. The summed E-state index contributed by atoms with van der Waals surface area (Å²) in [6, 6.07) is 6.15. The van der Waals surface area contributed by atoms with Crippen LogP contribution >= 0.6 is 0 Å². The van der Waals surface area contributed by atoms with Gasteiger partial charge in [0.1, 0.15) is 6.20 Å². The third-order valence-corrected chi connectivity index (χ3v) is 4.86. The van der Waals surface area contributed by atoms with E-state index in [-0.39, 0.29) is 35.2 Å². The Morgan fingerprint density at radius 3 is 2.68 bits per heavy atom. The van der Waals surface area contributed by atoms with E-state index in [1.54, 1.807) is 24.1 Å². The van der Waals surface area contributed by atoms with E-state index in [2.05, 4.69) is 15.3 Å². The second kappa shape index (κ2) is 8.17. The van der Waals surface area contributed by atoms with Gasteiger partial charge in [-0.2, -0.15) is 4.98 Å². The number of aliphatic hydroxyl groups excluding tert-OH is 1. The standard InChI is InChI=1S/C18H21N5O5/c1-22(13-5-7-14(24)8-6-13)16-15(23(27)28)10-19-18(21-16)20-12-4-2-3-11(9-12)17(25)26/h2-4,9-10,13-14,24H,5-8H2,1H3,(H,25,26)(H,19,20,21). The van der Waals surface area contributed by atoms with Gasteiger partial charge in [-0.1, -0.05) is 6.07 Å². The van der Waals surface area contributed by atoms with Crippen LogP contribution in [0.1, 0.15) is 36.0 Å². The number of aromatic nitrogens is 2. The van der Waals surface area contributed by atoms with E-state index < -0.39 is 10.9 Å². The third kappa shape index (κ3) is 4.34. The Labute approximate surface area is 161 Å². The summed E-state index contributed by atoms with van der Waals surface area (Å²) in [4.78, 5) is 32.1. The molecule has 148 valence electrons. The number of aromatic carboxylic acids is 1. The number of carboxylic acid groups (broad SMARTS) is 1. The zero-order valence-corrected chi connectivity index (χ0v) is 15.3. The highest BCUT2D eigenvalue weighted by atomic mass is 16.6. The van der Waals surface area contributed by atoms with Gasteiger partial charge in [-0.25, -0.2) is 9.78 Å². The largest absolute Gasteiger partial charge is 0.478 e. The summed E-state index contributed by atoms with van der Waals surface area (Å²) < 4.78 is 0. The first-order chi connectivity index (χ1) is 13.3. The van der Waals surface area contributed by atoms with E-state index in [0.29, 0.717) is 31.4 Å². The molecule has 10 nitrogen and oxygen atoms in total. The van der Waals surface area contributed by atoms with Crippen LogP contribution in [0.15, 0.2) is 30.5 Å². The summed E-state index contributed by atoms with van der Waals surface area (Å²) in [6.07, 6.45) is 3.51. The molecule has 1 saturated carbocycles. The summed E-state index contributed by atoms with van der Waals surface area (Å²) in [5, 5.41) is 33.1. The van der Waals surface area contributed by atoms with Gasteiger partial charge in [0.05, 0.1) is 16.6 Å². The fourth-order valence-corrected chi connectivity index (χ4v) is 3.29. The minimum absolute atomic E-state index is 0.0280. The Morgan fingerprint density at radius 2 is 2.04 bits per heavy atom. The Morgan fingerprint density at radius 1 is 1.32 bits per heavy atom. The van der Waals surface area contributed by atoms with Gasteiger partial charge in [-0.3, -0.25) is 10.1 Å². The maximum absolute atomic E-state index is 11.4. The minimum Gasteiger partial charge on any atom is -0.478 e. The molecular formula is C18H21N5O5. The first-order valence-electron chi connectivity index (χ1n) is 8.88. The Hall–Kier alpha value is -3.27. The molecule has 3 N–H and O–H groups in total. The lowest BCUT2D eigenvalue weighted by Crippen LogP contribution is -2.37. The predicted octanol–water partition coefficient (Wildman–Crippen LogP) is 2.57. The van der Waals surface area contributed by atoms with Gasteiger partial charge < -0.3 is 20.4 Å². The molecule has 1 aliphatic rings. The molecule has 1 fully saturated rings. The molecule has 0 bridgehead atoms. The van der Waals surface area contributed by atoms with Crippen LogP contribution in [0.4, 0.5) is 23.1 Å². The van der Waals surface area contributed by atoms with E-state index in [9.17, 15) is 20.0 Å². The number of nitro groups is 1. The molecule has 10 heteroatoms. The molecule has 1 aromatic carbocycles. The molecule has 1 aliphatic carbocycles. The minimum atomic E-state index is -1.06. The zero-order valence-electron chi connectivity index (χ0n) is 15.3. The smallest absolute Gasteiger partial charge is 0.335 e. The molecule has 1 heterocycles. The first-order valence-corrected chi connectivity index (χ1v) is 8.88. The van der Waals surface area contributed by atoms with Crippen LogP contribution < -0.4 is 10.2 Å². The van der Waals surface area contributed by atoms with Crippen molar-refractivity contribution in [2.24, 2.45) is 0 Å². The first kappa shape index (κ1) is 19.5. The Bertz CT molecular complexity index is 882. The summed E-state index contributed by atoms with van der Waals surface area (Å²) in [6.45, 7) is 0. The number of aliphatic hydroxyl groups is 1. The molecule has 2 aromatic rings. The normalized spacial score (nSPS) is 19.1. The lowest BCUT2D eigenvalue weighted by Gasteiger charge is -2.33. The van der Waals surface area contributed by atoms with Crippen molar-refractivity contribution in [3.05, 3.63) is 46.1 Å². The van der Waals surface area contributed by atoms with Crippen LogP contribution in [-0.2, 0) is 0 Å². The highest BCUT2D eigenvalue weighted by Gasteiger charge is 2.28. The number of rotatable bonds is 6. The number of benzene rings is 1. The van der Waals surface area contributed by atoms with Crippen LogP contribution in [0.5, 0.6) is 0 Å². The molecule has 3 rings (SSSR count). The maximum atomic E-state index is 11.4. The Balaban J connectivity index is 1.88. The van der Waals surface area contributed by atoms with Crippen molar-refractivity contribution in [2.45, 2.75) is 37.8 Å². The number of anilines is 3. The van der Waals surface area contributed by atoms with Crippen molar-refractivity contribution in [1.29, 1.82) is 0 Å². The van der Waals surface area contributed by atoms with Gasteiger partial charge in [0.15, 0.2) is 0 Å². The van der Waals surface area contributed by atoms with Crippen molar-refractivity contribution in [1.82, 2.24) is 9.97 Å². The van der Waals surface area contributed by atoms with Crippen molar-refractivity contribution < 1.29 is 19.9 Å². The van der Waals surface area contributed by atoms with Crippen LogP contribution in [0, 0.1) is 10.1 Å². The number of hydrogen-bond acceptors (Lipinski definition) is 8. The molecule has 0 aliphatic heterocycles. The zero-order chi connectivity index (χ0) is 20.3. The molecule has 0 unspecified atom stereocenters. The summed E-state index contributed by atoms with van der Waals surface area (Å²) in [5.41, 5.74) is 0.353. The van der Waals surface area contributed by atoms with Crippen molar-refractivity contribution >= 4 is 29.1 Å². The van der Waals surface area contributed by atoms with E-state index in [0.717, 1.165) is 6.20 Å². The molecular weight excluding hydrogens is 366 g/mol. The summed E-state index contributed by atoms with van der Waals surface area (Å²) in [7, 11) is 1.74. The fraction of sp³-hybridized carbons (Fsp3) is 0.389. The highest BCUT2D eigenvalue weighted by Crippen LogP contribution is 2.32. The molecule has 1 aromatic heterocycles. The van der Waals surface area contributed by atoms with Gasteiger partial charge in [0.2, 0.25) is 11.8 Å². The molecule has 0 atom stereocenters. The Kier molecular flexibility index (Phi) is 5.69. The molecule has 0 radical (unpaired) electrons. The van der Waals surface area contributed by atoms with Crippen LogP contribution in [0.25, 0.3) is 0 Å². The molecule has 28 heavy (non-hydrogen) atoms. The maximum Gasteiger partial charge on any atom is 0.335 e. The predicted molar refractivity (Wildman–Crippen MR) is 102 cm³/mol. The average Bonchev–Trinajstić information content (AvgIpc) is 2.68. The van der Waals surface area contributed by atoms with Crippen molar-refractivity contribution in [2.75, 3.05) is 17.3 Å². The van der Waals surface area contributed by atoms with Crippen molar-refractivity contribution in [3.8, 4) is 0 Å². The second-order valence-electron chi connectivity index (χ2n) is 6.74. The number of carboxylic acids is 1. The molecule has 0 spiro atoms. The third-order valence-electron chi connectivity index (χ3n) is 4.86. The number of hydrogen-bond donors (Lipinski definition) is 3. The second-order valence-corrected chi connectivity index (χ2v) is 6.74. The van der Waals surface area contributed by atoms with Crippen LogP contribution in [0.3, 0.4) is 0 Å². The number of carbonyl (C=O) groups is 1. The van der Waals surface area contributed by atoms with Gasteiger partial charge in [-0.05, 0) is 43.9 Å². The van der Waals surface area contributed by atoms with E-state index in [1.807, 2.05) is 0 Å². The monoisotopic (exact) mass is 387 g/mol. The van der Waals surface area contributed by atoms with Crippen molar-refractivity contribution in [3.63, 3.8) is 0 Å². The number of nitrogens with zero attached hydrogens (tertiary/aromatic N) is 4. The topological polar surface area (TPSA) is 142 Å². The SMILES string of the molecule is CN(c1nc(Nc2cccc(C(=O)O)c2)ncc1[N+](=O)[O-])C1CCC(O)CC1. The highest BCUT2D eigenvalue weighted by molar-refractivity contribution is 5.89. The van der Waals surface area contributed by atoms with Gasteiger partial charge in [-0.15, -0.1) is 0 Å². The molecule has 0 amide bonds. The molecule has 0 saturated heterocycles. The van der Waals surface area contributed by atoms with Gasteiger partial charge in [0, 0.05) is 18.8 Å². The average molecular weight is 387 g/mol. The quantitative estimate of drug-likeness (QED) is 0.503. The van der Waals surface area contributed by atoms with Crippen LogP contribution in [-0.4, -0.2) is 50.3 Å². The van der Waals surface area contributed by atoms with Crippen LogP contribution in [0.2, 0.25) is 0 Å². The van der Waals surface area contributed by atoms with Gasteiger partial charge in [0.25, 0.3) is 0 Å². The summed E-state index contributed by atoms with van der Waals surface area (Å²) >= 11 is 0.